The Bertz CT molecular complexity index is 10000. The lowest BCUT2D eigenvalue weighted by Crippen LogP contribution is -2.50. The van der Waals surface area contributed by atoms with Crippen molar-refractivity contribution in [3.05, 3.63) is 449 Å². The zero-order chi connectivity index (χ0) is 97.8. The van der Waals surface area contributed by atoms with E-state index in [9.17, 15) is 0 Å². The van der Waals surface area contributed by atoms with Crippen LogP contribution in [0.2, 0.25) is 39.3 Å². The monoisotopic (exact) mass is 1950 g/mol. The van der Waals surface area contributed by atoms with Gasteiger partial charge >= 0.3 is 0 Å². The highest BCUT2D eigenvalue weighted by Crippen LogP contribution is 2.50. The summed E-state index contributed by atoms with van der Waals surface area (Å²) in [5, 5.41) is 22.7. The van der Waals surface area contributed by atoms with E-state index in [0.717, 1.165) is 124 Å². The second kappa shape index (κ2) is 33.2. The lowest BCUT2D eigenvalue weighted by molar-refractivity contribution is 0.669. The minimum Gasteiger partial charge on any atom is -0.456 e. The number of aromatic nitrogens is 10. The molecule has 3 aliphatic rings. The van der Waals surface area contributed by atoms with E-state index in [1.165, 1.54) is 161 Å². The van der Waals surface area contributed by atoms with Gasteiger partial charge in [-0.1, -0.05) is 379 Å². The number of nitrogens with zero attached hydrogens (tertiary/aromatic N) is 10. The molecule has 0 saturated heterocycles. The van der Waals surface area contributed by atoms with E-state index in [4.69, 9.17) is 34.3 Å². The third-order valence-corrected chi connectivity index (χ3v) is 42.3. The van der Waals surface area contributed by atoms with Crippen molar-refractivity contribution in [2.45, 2.75) is 39.3 Å². The standard InChI is InChI=1S/C48H34N4Si.C42H29N3OSi.C42H29N3SSi/c1-53(2)42-27-14-11-24-38(42)44-45(31-16-5-3-6-17-31)49-47(50-48(44)53)32-18-15-21-34(30-32)52-39-25-12-9-22-35(39)36-28-29-41-43(46(36)52)37-23-10-13-26-40(37)51(41)33-19-7-4-8-20-33;2*1-47(2)36-22-11-8-19-32(36)38-39(26-13-4-3-5-14-26)43-41(44-42(38)47)27-15-12-16-28(25-27)45-33-20-9-6-17-29(33)30-23-24-35-37(40(30)45)31-18-7-10-21-34(31)46-35/h3-30H,1-2H3;2*3-25H,1-2H3. The average molecular weight is 1950 g/mol. The van der Waals surface area contributed by atoms with Gasteiger partial charge < -0.3 is 22.7 Å². The molecule has 0 spiro atoms. The largest absolute Gasteiger partial charge is 0.456 e. The molecular weight excluding hydrogens is 1860 g/mol. The number of hydrogen-bond acceptors (Lipinski definition) is 8. The SMILES string of the molecule is C[Si]1(C)c2ccccc2-c2c(-c3ccccc3)nc(-c3cccc(-n4c5ccccc5c5ccc6c(c7ccccc7n6-c6ccccc6)c54)c3)nc21.C[Si]1(C)c2ccccc2-c2c(-c3ccccc3)nc(-c3cccc(-n4c5ccccc5c5ccc6oc7ccccc7c6c54)c3)nc21.C[Si]1(C)c2ccccc2-c2c(-c3ccccc3)nc(-c3cccc(-n4c5ccccc5c5ccc6sc7ccccc7c6c54)c3)nc21. The van der Waals surface area contributed by atoms with E-state index >= 15 is 0 Å². The average Bonchev–Trinajstić information content (AvgIpc) is 1.53. The Balaban J connectivity index is 0.000000104. The zero-order valence-electron chi connectivity index (χ0n) is 81.5. The summed E-state index contributed by atoms with van der Waals surface area (Å²) in [4.78, 5) is 32.5. The third kappa shape index (κ3) is 13.2. The van der Waals surface area contributed by atoms with E-state index in [-0.39, 0.29) is 0 Å². The molecule has 19 aromatic carbocycles. The molecule has 31 rings (SSSR count). The van der Waals surface area contributed by atoms with Crippen LogP contribution in [-0.4, -0.2) is 72.4 Å². The Labute approximate surface area is 854 Å². The van der Waals surface area contributed by atoms with E-state index in [2.05, 4.69) is 494 Å². The van der Waals surface area contributed by atoms with E-state index in [0.29, 0.717) is 0 Å². The summed E-state index contributed by atoms with van der Waals surface area (Å²) < 4.78 is 18.7. The van der Waals surface area contributed by atoms with Crippen molar-refractivity contribution in [3.63, 3.8) is 0 Å². The predicted molar refractivity (Wildman–Crippen MR) is 623 cm³/mol. The highest BCUT2D eigenvalue weighted by molar-refractivity contribution is 7.26. The van der Waals surface area contributed by atoms with Crippen LogP contribution in [-0.2, 0) is 0 Å². The first-order valence-electron chi connectivity index (χ1n) is 50.5. The number of rotatable bonds is 10. The molecule has 0 aliphatic carbocycles. The van der Waals surface area contributed by atoms with E-state index < -0.39 is 24.2 Å². The normalized spacial score (nSPS) is 13.4. The minimum absolute atomic E-state index is 0.762. The summed E-state index contributed by atoms with van der Waals surface area (Å²) >= 11 is 1.87. The molecule has 28 aromatic rings. The fraction of sp³-hybridized carbons (Fsp3) is 0.0455. The Morgan fingerprint density at radius 1 is 0.211 bits per heavy atom. The number of fused-ring (bicyclic) bond motifs is 30. The van der Waals surface area contributed by atoms with Gasteiger partial charge in [0.25, 0.3) is 0 Å². The van der Waals surface area contributed by atoms with Crippen LogP contribution >= 0.6 is 11.3 Å². The maximum absolute atomic E-state index is 6.35. The molecule has 147 heavy (non-hydrogen) atoms. The fourth-order valence-electron chi connectivity index (χ4n) is 24.5. The summed E-state index contributed by atoms with van der Waals surface area (Å²) in [7, 11) is -6.21. The van der Waals surface area contributed by atoms with E-state index in [1.54, 1.807) is 0 Å². The first kappa shape index (κ1) is 86.0. The highest BCUT2D eigenvalue weighted by atomic mass is 32.1. The van der Waals surface area contributed by atoms with Crippen LogP contribution in [0.5, 0.6) is 0 Å². The molecule has 9 aromatic heterocycles. The van der Waals surface area contributed by atoms with Gasteiger partial charge in [-0.2, -0.15) is 0 Å². The number of furan rings is 1. The molecule has 694 valence electrons. The van der Waals surface area contributed by atoms with Gasteiger partial charge in [0.05, 0.1) is 66.6 Å². The molecule has 0 fully saturated rings. The van der Waals surface area contributed by atoms with Gasteiger partial charge in [0.15, 0.2) is 17.5 Å². The Morgan fingerprint density at radius 2 is 0.537 bits per heavy atom. The Hall–Kier alpha value is -17.7. The van der Waals surface area contributed by atoms with Gasteiger partial charge in [-0.25, -0.2) is 29.9 Å². The minimum atomic E-state index is -2.09. The second-order valence-corrected chi connectivity index (χ2v) is 54.5. The molecular formula is C132H92N10OSSi3. The summed E-state index contributed by atoms with van der Waals surface area (Å²) in [5.41, 5.74) is 32.6. The van der Waals surface area contributed by atoms with Crippen molar-refractivity contribution in [2.24, 2.45) is 0 Å². The smallest absolute Gasteiger partial charge is 0.159 e. The summed E-state index contributed by atoms with van der Waals surface area (Å²) in [6.07, 6.45) is 0. The molecule has 0 saturated carbocycles. The Kier molecular flexibility index (Phi) is 19.4. The molecule has 0 N–H and O–H groups in total. The molecule has 12 heterocycles. The first-order chi connectivity index (χ1) is 72.2. The summed E-state index contributed by atoms with van der Waals surface area (Å²) in [6, 6.07) is 161. The van der Waals surface area contributed by atoms with Crippen LogP contribution < -0.4 is 31.5 Å². The van der Waals surface area contributed by atoms with Crippen LogP contribution in [0.3, 0.4) is 0 Å². The molecule has 0 bridgehead atoms. The van der Waals surface area contributed by atoms with Crippen LogP contribution in [0.4, 0.5) is 0 Å². The predicted octanol–water partition coefficient (Wildman–Crippen LogP) is 30.5. The lowest BCUT2D eigenvalue weighted by atomic mass is 10.0. The van der Waals surface area contributed by atoms with Crippen molar-refractivity contribution in [1.82, 2.24) is 48.2 Å². The molecule has 11 nitrogen and oxygen atoms in total. The quantitative estimate of drug-likeness (QED) is 0.125. The van der Waals surface area contributed by atoms with Gasteiger partial charge in [0.2, 0.25) is 0 Å². The van der Waals surface area contributed by atoms with E-state index in [1.807, 2.05) is 23.5 Å². The molecule has 0 radical (unpaired) electrons. The maximum atomic E-state index is 6.35. The number of hydrogen-bond donors (Lipinski definition) is 0. The van der Waals surface area contributed by atoms with Crippen molar-refractivity contribution in [3.8, 4) is 124 Å². The van der Waals surface area contributed by atoms with Gasteiger partial charge in [-0.15, -0.1) is 11.3 Å². The molecule has 0 amide bonds. The first-order valence-corrected chi connectivity index (χ1v) is 60.3. The zero-order valence-corrected chi connectivity index (χ0v) is 85.3. The number of benzene rings is 19. The highest BCUT2D eigenvalue weighted by Gasteiger charge is 2.45. The van der Waals surface area contributed by atoms with Crippen molar-refractivity contribution in [2.75, 3.05) is 0 Å². The second-order valence-electron chi connectivity index (χ2n) is 40.6. The van der Waals surface area contributed by atoms with Crippen molar-refractivity contribution < 1.29 is 4.42 Å². The molecule has 15 heteroatoms. The van der Waals surface area contributed by atoms with Gasteiger partial charge in [-0.05, 0) is 141 Å². The lowest BCUT2D eigenvalue weighted by Gasteiger charge is -2.19. The van der Waals surface area contributed by atoms with Crippen LogP contribution in [0.15, 0.2) is 453 Å². The molecule has 3 aliphatic heterocycles. The molecule has 0 atom stereocenters. The van der Waals surface area contributed by atoms with Crippen molar-refractivity contribution >= 4 is 196 Å². The van der Waals surface area contributed by atoms with Gasteiger partial charge in [0.1, 0.15) is 35.4 Å². The van der Waals surface area contributed by atoms with Gasteiger partial charge in [-0.3, -0.25) is 0 Å². The number of para-hydroxylation sites is 6. The van der Waals surface area contributed by atoms with Crippen LogP contribution in [0.25, 0.3) is 253 Å². The van der Waals surface area contributed by atoms with Gasteiger partial charge in [0, 0.05) is 157 Å². The van der Waals surface area contributed by atoms with Crippen molar-refractivity contribution in [1.29, 1.82) is 0 Å². The third-order valence-electron chi connectivity index (χ3n) is 31.2. The molecule has 0 unspecified atom stereocenters. The maximum Gasteiger partial charge on any atom is 0.159 e. The Morgan fingerprint density at radius 3 is 0.980 bits per heavy atom. The van der Waals surface area contributed by atoms with Crippen LogP contribution in [0, 0.1) is 0 Å². The summed E-state index contributed by atoms with van der Waals surface area (Å²) in [5.74, 6) is 2.31. The number of thiophene rings is 1. The van der Waals surface area contributed by atoms with Crippen LogP contribution in [0.1, 0.15) is 0 Å². The fourth-order valence-corrected chi connectivity index (χ4v) is 34.3. The topological polar surface area (TPSA) is 110 Å². The summed E-state index contributed by atoms with van der Waals surface area (Å²) in [6.45, 7) is 14.5.